The van der Waals surface area contributed by atoms with E-state index in [2.05, 4.69) is 54.2 Å². The Morgan fingerprint density at radius 1 is 0.933 bits per heavy atom. The van der Waals surface area contributed by atoms with Crippen molar-refractivity contribution in [3.8, 4) is 17.6 Å². The summed E-state index contributed by atoms with van der Waals surface area (Å²) in [6, 6.07) is 18.2. The molecule has 3 fully saturated rings. The molecule has 1 aliphatic carbocycles. The number of unbranched alkanes of at least 4 members (excludes halogenated alkanes) is 2. The van der Waals surface area contributed by atoms with Gasteiger partial charge in [0.2, 0.25) is 11.8 Å². The summed E-state index contributed by atoms with van der Waals surface area (Å²) in [5.74, 6) is -1.30. The highest BCUT2D eigenvalue weighted by Gasteiger charge is 2.64. The fraction of sp³-hybridized carbons (Fsp3) is 0.467. The quantitative estimate of drug-likeness (QED) is 0.148. The topological polar surface area (TPSA) is 182 Å². The van der Waals surface area contributed by atoms with Gasteiger partial charge in [-0.1, -0.05) is 39.3 Å². The molecular weight excluding hydrogens is 788 g/mol. The molecule has 4 aliphatic rings. The molecule has 5 amide bonds. The van der Waals surface area contributed by atoms with Gasteiger partial charge in [-0.05, 0) is 86.8 Å². The van der Waals surface area contributed by atoms with Crippen LogP contribution in [0.1, 0.15) is 96.4 Å². The standard InChI is InChI=1S/C45H51ClN6O8/c1-44(2)42(45(3,4)43(44)60-32-13-10-28(24-47)35(46)23-32)49-38(55)27-8-11-29(12-9-27)51-20-19-50(30(25-51)26-53)18-6-5-7-21-59-31-14-15-33-34(22-31)41(58)52(40(33)57)36-16-17-37(54)48-39(36)56/h8-15,22-23,30,36,42-43,53H,5-7,16-21,25-26H2,1-4H3,(H,49,55)(H,48,54,56)/t30-,36-,42?,43?/m0/s1. The summed E-state index contributed by atoms with van der Waals surface area (Å²) in [6.45, 7) is 11.8. The van der Waals surface area contributed by atoms with E-state index in [1.807, 2.05) is 24.3 Å². The monoisotopic (exact) mass is 838 g/mol. The fourth-order valence-electron chi connectivity index (χ4n) is 9.55. The zero-order chi connectivity index (χ0) is 42.9. The molecule has 7 rings (SSSR count). The molecule has 60 heavy (non-hydrogen) atoms. The van der Waals surface area contributed by atoms with E-state index in [1.54, 1.807) is 30.3 Å². The molecule has 3 aromatic carbocycles. The van der Waals surface area contributed by atoms with Gasteiger partial charge in [0, 0.05) is 60.2 Å². The van der Waals surface area contributed by atoms with Crippen LogP contribution in [0.4, 0.5) is 5.69 Å². The Balaban J connectivity index is 0.839. The van der Waals surface area contributed by atoms with Gasteiger partial charge in [-0.3, -0.25) is 39.1 Å². The SMILES string of the molecule is CC1(C)C(NC(=O)c2ccc(N3CCN(CCCCCOc4ccc5c(c4)C(=O)N([C@H]4CCC(=O)NC4=O)C5=O)[C@H](CO)C3)cc2)C(C)(C)C1Oc1ccc(C#N)c(Cl)c1. The minimum Gasteiger partial charge on any atom is -0.494 e. The molecule has 15 heteroatoms. The highest BCUT2D eigenvalue weighted by molar-refractivity contribution is 6.31. The Labute approximate surface area is 354 Å². The predicted octanol–water partition coefficient (Wildman–Crippen LogP) is 4.96. The first-order chi connectivity index (χ1) is 28.6. The number of aliphatic hydroxyl groups excluding tert-OH is 1. The van der Waals surface area contributed by atoms with Crippen molar-refractivity contribution in [2.24, 2.45) is 10.8 Å². The fourth-order valence-corrected chi connectivity index (χ4v) is 9.77. The Hall–Kier alpha value is -5.49. The molecule has 0 spiro atoms. The molecule has 3 aliphatic heterocycles. The van der Waals surface area contributed by atoms with Crippen molar-refractivity contribution in [3.05, 3.63) is 87.9 Å². The summed E-state index contributed by atoms with van der Waals surface area (Å²) in [7, 11) is 0. The van der Waals surface area contributed by atoms with Crippen molar-refractivity contribution < 1.29 is 38.6 Å². The van der Waals surface area contributed by atoms with Crippen molar-refractivity contribution in [2.75, 3.05) is 44.3 Å². The summed E-state index contributed by atoms with van der Waals surface area (Å²) in [5, 5.41) is 25.3. The van der Waals surface area contributed by atoms with Crippen LogP contribution in [0.5, 0.6) is 11.5 Å². The summed E-state index contributed by atoms with van der Waals surface area (Å²) >= 11 is 6.24. The third-order valence-electron chi connectivity index (χ3n) is 12.5. The number of aliphatic hydroxyl groups is 1. The summed E-state index contributed by atoms with van der Waals surface area (Å²) in [4.78, 5) is 69.0. The van der Waals surface area contributed by atoms with Crippen LogP contribution < -0.4 is 25.0 Å². The second-order valence-corrected chi connectivity index (χ2v) is 17.6. The molecular formula is C45H51ClN6O8. The van der Waals surface area contributed by atoms with Gasteiger partial charge < -0.3 is 24.8 Å². The Morgan fingerprint density at radius 2 is 1.65 bits per heavy atom. The molecule has 0 aromatic heterocycles. The van der Waals surface area contributed by atoms with Crippen LogP contribution in [0.15, 0.2) is 60.7 Å². The molecule has 3 heterocycles. The number of imide groups is 2. The number of halogens is 1. The molecule has 316 valence electrons. The number of anilines is 1. The van der Waals surface area contributed by atoms with E-state index in [0.29, 0.717) is 40.8 Å². The van der Waals surface area contributed by atoms with Gasteiger partial charge in [0.15, 0.2) is 0 Å². The average molecular weight is 839 g/mol. The van der Waals surface area contributed by atoms with Gasteiger partial charge in [-0.2, -0.15) is 5.26 Å². The number of nitrogens with zero attached hydrogens (tertiary/aromatic N) is 4. The van der Waals surface area contributed by atoms with Crippen LogP contribution in [0.3, 0.4) is 0 Å². The number of amides is 5. The Morgan fingerprint density at radius 3 is 2.33 bits per heavy atom. The van der Waals surface area contributed by atoms with Crippen LogP contribution in [0.2, 0.25) is 5.02 Å². The van der Waals surface area contributed by atoms with Gasteiger partial charge >= 0.3 is 0 Å². The smallest absolute Gasteiger partial charge is 0.262 e. The van der Waals surface area contributed by atoms with Crippen molar-refractivity contribution in [2.45, 2.75) is 84.0 Å². The first kappa shape index (κ1) is 42.6. The third kappa shape index (κ3) is 8.31. The van der Waals surface area contributed by atoms with E-state index >= 15 is 0 Å². The van der Waals surface area contributed by atoms with Crippen LogP contribution in [0, 0.1) is 22.2 Å². The van der Waals surface area contributed by atoms with E-state index in [-0.39, 0.29) is 65.5 Å². The lowest BCUT2D eigenvalue weighted by atomic mass is 9.49. The van der Waals surface area contributed by atoms with Crippen molar-refractivity contribution in [1.82, 2.24) is 20.4 Å². The third-order valence-corrected chi connectivity index (χ3v) is 12.8. The van der Waals surface area contributed by atoms with E-state index in [0.717, 1.165) is 49.5 Å². The summed E-state index contributed by atoms with van der Waals surface area (Å²) in [5.41, 5.74) is 1.57. The second kappa shape index (κ2) is 17.2. The maximum atomic E-state index is 13.5. The molecule has 3 aromatic rings. The van der Waals surface area contributed by atoms with Crippen LogP contribution in [0.25, 0.3) is 0 Å². The largest absolute Gasteiger partial charge is 0.494 e. The number of benzene rings is 3. The number of piperazine rings is 1. The lowest BCUT2D eigenvalue weighted by Gasteiger charge is -2.63. The number of nitriles is 1. The highest BCUT2D eigenvalue weighted by atomic mass is 35.5. The minimum atomic E-state index is -1.01. The molecule has 1 saturated carbocycles. The predicted molar refractivity (Wildman–Crippen MR) is 223 cm³/mol. The molecule has 0 unspecified atom stereocenters. The maximum absolute atomic E-state index is 13.5. The zero-order valence-corrected chi connectivity index (χ0v) is 35.1. The van der Waals surface area contributed by atoms with Gasteiger partial charge in [0.1, 0.15) is 29.7 Å². The molecule has 0 radical (unpaired) electrons. The first-order valence-electron chi connectivity index (χ1n) is 20.5. The number of fused-ring (bicyclic) bond motifs is 1. The molecule has 3 N–H and O–H groups in total. The number of nitrogens with one attached hydrogen (secondary N) is 2. The number of ether oxygens (including phenoxy) is 2. The van der Waals surface area contributed by atoms with Crippen molar-refractivity contribution >= 4 is 46.8 Å². The number of carbonyl (C=O) groups is 5. The number of hydrogen-bond acceptors (Lipinski definition) is 11. The molecule has 2 saturated heterocycles. The summed E-state index contributed by atoms with van der Waals surface area (Å²) in [6.07, 6.45) is 2.53. The van der Waals surface area contributed by atoms with Crippen LogP contribution >= 0.6 is 11.6 Å². The number of carbonyl (C=O) groups excluding carboxylic acids is 5. The second-order valence-electron chi connectivity index (χ2n) is 17.2. The lowest BCUT2D eigenvalue weighted by Crippen LogP contribution is -2.74. The van der Waals surface area contributed by atoms with E-state index in [1.165, 1.54) is 6.07 Å². The maximum Gasteiger partial charge on any atom is 0.262 e. The summed E-state index contributed by atoms with van der Waals surface area (Å²) < 4.78 is 12.3. The number of rotatable bonds is 14. The average Bonchev–Trinajstić information content (AvgIpc) is 3.47. The molecule has 2 atom stereocenters. The van der Waals surface area contributed by atoms with Gasteiger partial charge in [0.25, 0.3) is 17.7 Å². The van der Waals surface area contributed by atoms with Crippen LogP contribution in [-0.2, 0) is 9.59 Å². The van der Waals surface area contributed by atoms with E-state index in [4.69, 9.17) is 21.1 Å². The van der Waals surface area contributed by atoms with Crippen molar-refractivity contribution in [3.63, 3.8) is 0 Å². The Bertz CT molecular complexity index is 2210. The lowest BCUT2D eigenvalue weighted by molar-refractivity contribution is -0.164. The van der Waals surface area contributed by atoms with Gasteiger partial charge in [-0.25, -0.2) is 0 Å². The van der Waals surface area contributed by atoms with Crippen LogP contribution in [-0.4, -0.2) is 108 Å². The van der Waals surface area contributed by atoms with Gasteiger partial charge in [-0.15, -0.1) is 0 Å². The van der Waals surface area contributed by atoms with E-state index < -0.39 is 29.7 Å². The number of hydrogen-bond donors (Lipinski definition) is 3. The van der Waals surface area contributed by atoms with E-state index in [9.17, 15) is 34.3 Å². The highest BCUT2D eigenvalue weighted by Crippen LogP contribution is 2.55. The Kier molecular flexibility index (Phi) is 12.2. The molecule has 14 nitrogen and oxygen atoms in total. The normalized spacial score (nSPS) is 23.4. The molecule has 0 bridgehead atoms. The zero-order valence-electron chi connectivity index (χ0n) is 34.3. The minimum absolute atomic E-state index is 0.0243. The first-order valence-corrected chi connectivity index (χ1v) is 20.9. The number of piperidine rings is 1. The van der Waals surface area contributed by atoms with Gasteiger partial charge in [0.05, 0.1) is 41.0 Å². The van der Waals surface area contributed by atoms with Crippen molar-refractivity contribution in [1.29, 1.82) is 5.26 Å².